The number of aromatic nitrogens is 2. The SMILES string of the molecule is Cc1noc(C)c1-c1nc(C(=O)CCl)cs1. The molecule has 2 aromatic heterocycles. The maximum atomic E-state index is 11.3. The molecule has 6 heteroatoms. The van der Waals surface area contributed by atoms with Crippen LogP contribution in [0.15, 0.2) is 9.90 Å². The summed E-state index contributed by atoms with van der Waals surface area (Å²) in [6.07, 6.45) is 0. The fraction of sp³-hybridized carbons (Fsp3) is 0.300. The first-order chi connectivity index (χ1) is 7.63. The van der Waals surface area contributed by atoms with Gasteiger partial charge in [0.15, 0.2) is 5.78 Å². The van der Waals surface area contributed by atoms with Gasteiger partial charge in [-0.15, -0.1) is 22.9 Å². The third-order valence-electron chi connectivity index (χ3n) is 2.16. The van der Waals surface area contributed by atoms with E-state index in [9.17, 15) is 4.79 Å². The van der Waals surface area contributed by atoms with Crippen molar-refractivity contribution < 1.29 is 9.32 Å². The van der Waals surface area contributed by atoms with Crippen molar-refractivity contribution in [1.29, 1.82) is 0 Å². The summed E-state index contributed by atoms with van der Waals surface area (Å²) in [5.74, 6) is 0.484. The summed E-state index contributed by atoms with van der Waals surface area (Å²) in [6, 6.07) is 0. The van der Waals surface area contributed by atoms with Crippen LogP contribution in [0.1, 0.15) is 21.9 Å². The van der Waals surface area contributed by atoms with E-state index in [2.05, 4.69) is 10.1 Å². The Balaban J connectivity index is 2.43. The summed E-state index contributed by atoms with van der Waals surface area (Å²) in [6.45, 7) is 3.66. The van der Waals surface area contributed by atoms with Crippen molar-refractivity contribution in [2.45, 2.75) is 13.8 Å². The molecule has 2 rings (SSSR count). The van der Waals surface area contributed by atoms with Crippen LogP contribution in [0.2, 0.25) is 0 Å². The Labute approximate surface area is 101 Å². The summed E-state index contributed by atoms with van der Waals surface area (Å²) in [4.78, 5) is 15.6. The first-order valence-corrected chi connectivity index (χ1v) is 6.03. The van der Waals surface area contributed by atoms with Gasteiger partial charge in [-0.25, -0.2) is 4.98 Å². The number of ketones is 1. The normalized spacial score (nSPS) is 10.7. The number of carbonyl (C=O) groups is 1. The van der Waals surface area contributed by atoms with Crippen LogP contribution in [0, 0.1) is 13.8 Å². The lowest BCUT2D eigenvalue weighted by Gasteiger charge is -1.92. The molecule has 0 radical (unpaired) electrons. The van der Waals surface area contributed by atoms with E-state index in [1.165, 1.54) is 11.3 Å². The van der Waals surface area contributed by atoms with Crippen LogP contribution in [0.5, 0.6) is 0 Å². The van der Waals surface area contributed by atoms with Gasteiger partial charge in [0.1, 0.15) is 16.5 Å². The first-order valence-electron chi connectivity index (χ1n) is 4.61. The minimum absolute atomic E-state index is 0.0508. The Morgan fingerprint density at radius 2 is 2.31 bits per heavy atom. The highest BCUT2D eigenvalue weighted by Crippen LogP contribution is 2.29. The second-order valence-electron chi connectivity index (χ2n) is 3.29. The third kappa shape index (κ3) is 1.88. The lowest BCUT2D eigenvalue weighted by molar-refractivity contribution is 0.101. The maximum absolute atomic E-state index is 11.3. The lowest BCUT2D eigenvalue weighted by atomic mass is 10.2. The topological polar surface area (TPSA) is 56.0 Å². The molecule has 84 valence electrons. The maximum Gasteiger partial charge on any atom is 0.196 e. The second kappa shape index (κ2) is 4.35. The molecule has 0 aliphatic carbocycles. The Hall–Kier alpha value is -1.20. The molecule has 0 aromatic carbocycles. The van der Waals surface area contributed by atoms with Crippen LogP contribution in [0.25, 0.3) is 10.6 Å². The van der Waals surface area contributed by atoms with Crippen molar-refractivity contribution in [3.8, 4) is 10.6 Å². The summed E-state index contributed by atoms with van der Waals surface area (Å²) in [5, 5.41) is 6.29. The van der Waals surface area contributed by atoms with Gasteiger partial charge in [0.25, 0.3) is 0 Å². The van der Waals surface area contributed by atoms with Crippen molar-refractivity contribution in [2.24, 2.45) is 0 Å². The van der Waals surface area contributed by atoms with E-state index in [1.54, 1.807) is 5.38 Å². The molecule has 2 heterocycles. The van der Waals surface area contributed by atoms with Gasteiger partial charge < -0.3 is 4.52 Å². The zero-order chi connectivity index (χ0) is 11.7. The second-order valence-corrected chi connectivity index (χ2v) is 4.42. The Bertz CT molecular complexity index is 513. The molecule has 0 unspecified atom stereocenters. The molecule has 0 amide bonds. The van der Waals surface area contributed by atoms with Gasteiger partial charge in [0.2, 0.25) is 0 Å². The van der Waals surface area contributed by atoms with E-state index in [0.29, 0.717) is 11.5 Å². The summed E-state index contributed by atoms with van der Waals surface area (Å²) >= 11 is 6.86. The minimum atomic E-state index is -0.170. The average Bonchev–Trinajstić information content (AvgIpc) is 2.85. The van der Waals surface area contributed by atoms with Gasteiger partial charge in [0.05, 0.1) is 17.1 Å². The standard InChI is InChI=1S/C10H9ClN2O2S/c1-5-9(6(2)15-13-5)10-12-7(4-16-10)8(14)3-11/h4H,3H2,1-2H3. The number of halogens is 1. The van der Waals surface area contributed by atoms with Crippen molar-refractivity contribution in [2.75, 3.05) is 5.88 Å². The molecule has 0 spiro atoms. The highest BCUT2D eigenvalue weighted by Gasteiger charge is 2.17. The van der Waals surface area contributed by atoms with E-state index in [1.807, 2.05) is 13.8 Å². The molecule has 16 heavy (non-hydrogen) atoms. The molecular formula is C10H9ClN2O2S. The van der Waals surface area contributed by atoms with Gasteiger partial charge in [0, 0.05) is 5.38 Å². The van der Waals surface area contributed by atoms with Crippen molar-refractivity contribution in [1.82, 2.24) is 10.1 Å². The summed E-state index contributed by atoms with van der Waals surface area (Å²) < 4.78 is 5.05. The number of aryl methyl sites for hydroxylation is 2. The van der Waals surface area contributed by atoms with Gasteiger partial charge in [-0.05, 0) is 13.8 Å². The van der Waals surface area contributed by atoms with E-state index >= 15 is 0 Å². The van der Waals surface area contributed by atoms with E-state index < -0.39 is 0 Å². The van der Waals surface area contributed by atoms with Gasteiger partial charge in [-0.1, -0.05) is 5.16 Å². The zero-order valence-electron chi connectivity index (χ0n) is 8.78. The largest absolute Gasteiger partial charge is 0.361 e. The fourth-order valence-electron chi connectivity index (χ4n) is 1.37. The summed E-state index contributed by atoms with van der Waals surface area (Å²) in [7, 11) is 0. The van der Waals surface area contributed by atoms with Crippen molar-refractivity contribution >= 4 is 28.7 Å². The highest BCUT2D eigenvalue weighted by atomic mass is 35.5. The van der Waals surface area contributed by atoms with Crippen LogP contribution in [-0.4, -0.2) is 21.8 Å². The quantitative estimate of drug-likeness (QED) is 0.626. The van der Waals surface area contributed by atoms with Crippen molar-refractivity contribution in [3.63, 3.8) is 0 Å². The number of alkyl halides is 1. The Morgan fingerprint density at radius 1 is 1.56 bits per heavy atom. The van der Waals surface area contributed by atoms with Gasteiger partial charge in [-0.3, -0.25) is 4.79 Å². The molecule has 4 nitrogen and oxygen atoms in total. The molecule has 0 bridgehead atoms. The number of thiazole rings is 1. The average molecular weight is 257 g/mol. The van der Waals surface area contributed by atoms with Crippen LogP contribution < -0.4 is 0 Å². The minimum Gasteiger partial charge on any atom is -0.361 e. The number of hydrogen-bond donors (Lipinski definition) is 0. The van der Waals surface area contributed by atoms with Crippen LogP contribution in [-0.2, 0) is 0 Å². The van der Waals surface area contributed by atoms with Crippen LogP contribution in [0.3, 0.4) is 0 Å². The molecule has 2 aromatic rings. The van der Waals surface area contributed by atoms with Gasteiger partial charge >= 0.3 is 0 Å². The van der Waals surface area contributed by atoms with E-state index in [4.69, 9.17) is 16.1 Å². The number of hydrogen-bond acceptors (Lipinski definition) is 5. The fourth-order valence-corrected chi connectivity index (χ4v) is 2.48. The number of Topliss-reactive ketones (excluding diaryl/α,β-unsaturated/α-hetero) is 1. The highest BCUT2D eigenvalue weighted by molar-refractivity contribution is 7.13. The van der Waals surface area contributed by atoms with Crippen molar-refractivity contribution in [3.05, 3.63) is 22.5 Å². The molecule has 0 fully saturated rings. The Morgan fingerprint density at radius 3 is 2.88 bits per heavy atom. The third-order valence-corrected chi connectivity index (χ3v) is 3.26. The number of carbonyl (C=O) groups excluding carboxylic acids is 1. The molecule has 0 aliphatic rings. The monoisotopic (exact) mass is 256 g/mol. The molecule has 0 saturated heterocycles. The molecule has 0 saturated carbocycles. The molecule has 0 aliphatic heterocycles. The Kier molecular flexibility index (Phi) is 3.07. The summed E-state index contributed by atoms with van der Waals surface area (Å²) in [5.41, 5.74) is 2.03. The predicted octanol–water partition coefficient (Wildman–Crippen LogP) is 2.84. The lowest BCUT2D eigenvalue weighted by Crippen LogP contribution is -2.00. The van der Waals surface area contributed by atoms with Crippen LogP contribution >= 0.6 is 22.9 Å². The smallest absolute Gasteiger partial charge is 0.196 e. The number of nitrogens with zero attached hydrogens (tertiary/aromatic N) is 2. The first kappa shape index (κ1) is 11.3. The zero-order valence-corrected chi connectivity index (χ0v) is 10.4. The predicted molar refractivity (Wildman–Crippen MR) is 62.1 cm³/mol. The molecule has 0 atom stereocenters. The van der Waals surface area contributed by atoms with Gasteiger partial charge in [-0.2, -0.15) is 0 Å². The molecule has 0 N–H and O–H groups in total. The molecular weight excluding hydrogens is 248 g/mol. The van der Waals surface area contributed by atoms with Crippen LogP contribution in [0.4, 0.5) is 0 Å². The van der Waals surface area contributed by atoms with E-state index in [0.717, 1.165) is 16.3 Å². The van der Waals surface area contributed by atoms with E-state index in [-0.39, 0.29) is 11.7 Å². The number of rotatable bonds is 3.